The lowest BCUT2D eigenvalue weighted by Gasteiger charge is -2.33. The summed E-state index contributed by atoms with van der Waals surface area (Å²) in [5.74, 6) is 0.0654. The second-order valence-electron chi connectivity index (χ2n) is 6.81. The van der Waals surface area contributed by atoms with Crippen molar-refractivity contribution in [3.63, 3.8) is 0 Å². The van der Waals surface area contributed by atoms with E-state index < -0.39 is 0 Å². The molecule has 0 radical (unpaired) electrons. The van der Waals surface area contributed by atoms with Crippen molar-refractivity contribution in [2.45, 2.75) is 26.5 Å². The fraction of sp³-hybridized carbons (Fsp3) is 0.217. The molecule has 0 N–H and O–H groups in total. The molecule has 0 unspecified atom stereocenters. The van der Waals surface area contributed by atoms with E-state index in [1.807, 2.05) is 47.7 Å². The molecule has 0 spiro atoms. The molecule has 5 nitrogen and oxygen atoms in total. The van der Waals surface area contributed by atoms with Crippen LogP contribution in [0.1, 0.15) is 31.0 Å². The van der Waals surface area contributed by atoms with Gasteiger partial charge >= 0.3 is 5.97 Å². The lowest BCUT2D eigenvalue weighted by Crippen LogP contribution is -2.34. The number of carbonyl (C=O) groups excluding carboxylic acids is 1. The van der Waals surface area contributed by atoms with Gasteiger partial charge in [-0.25, -0.2) is 14.2 Å². The number of allylic oxidation sites excluding steroid dienone is 1. The molecule has 0 bridgehead atoms. The summed E-state index contributed by atoms with van der Waals surface area (Å²) in [4.78, 5) is 19.2. The molecule has 2 aliphatic heterocycles. The van der Waals surface area contributed by atoms with Gasteiger partial charge in [0.2, 0.25) is 0 Å². The van der Waals surface area contributed by atoms with Crippen molar-refractivity contribution >= 4 is 22.9 Å². The highest BCUT2D eigenvalue weighted by molar-refractivity contribution is 8.16. The van der Waals surface area contributed by atoms with Gasteiger partial charge in [0.25, 0.3) is 0 Å². The monoisotopic (exact) mass is 424 g/mol. The summed E-state index contributed by atoms with van der Waals surface area (Å²) >= 11 is 1.52. The Labute approximate surface area is 178 Å². The molecule has 4 rings (SSSR count). The van der Waals surface area contributed by atoms with Gasteiger partial charge in [0.1, 0.15) is 18.2 Å². The fourth-order valence-electron chi connectivity index (χ4n) is 3.39. The molecule has 0 aliphatic carbocycles. The van der Waals surface area contributed by atoms with Crippen LogP contribution in [-0.4, -0.2) is 22.6 Å². The van der Waals surface area contributed by atoms with Gasteiger partial charge in [0.05, 0.1) is 23.9 Å². The molecule has 154 valence electrons. The van der Waals surface area contributed by atoms with Crippen molar-refractivity contribution in [3.05, 3.63) is 88.4 Å². The highest BCUT2D eigenvalue weighted by atomic mass is 32.2. The first-order valence-electron chi connectivity index (χ1n) is 9.62. The largest absolute Gasteiger partial charge is 0.489 e. The molecule has 2 aliphatic rings. The number of fused-ring (bicyclic) bond motifs is 1. The van der Waals surface area contributed by atoms with E-state index in [1.54, 1.807) is 19.1 Å². The number of thioether (sulfide) groups is 1. The maximum atomic E-state index is 13.0. The van der Waals surface area contributed by atoms with Gasteiger partial charge in [0.15, 0.2) is 5.17 Å². The molecule has 0 saturated carbocycles. The molecule has 0 aromatic heterocycles. The number of halogens is 1. The van der Waals surface area contributed by atoms with Gasteiger partial charge in [-0.2, -0.15) is 0 Å². The maximum Gasteiger partial charge on any atom is 0.338 e. The Morgan fingerprint density at radius 2 is 1.90 bits per heavy atom. The molecule has 2 heterocycles. The molecule has 30 heavy (non-hydrogen) atoms. The molecule has 1 atom stereocenters. The first kappa shape index (κ1) is 20.2. The number of carbonyl (C=O) groups is 1. The Morgan fingerprint density at radius 1 is 1.17 bits per heavy atom. The van der Waals surface area contributed by atoms with Gasteiger partial charge < -0.3 is 14.4 Å². The van der Waals surface area contributed by atoms with Crippen LogP contribution in [-0.2, 0) is 16.1 Å². The zero-order valence-electron chi connectivity index (χ0n) is 16.7. The van der Waals surface area contributed by atoms with Crippen molar-refractivity contribution in [2.24, 2.45) is 4.99 Å². The number of benzene rings is 2. The normalized spacial score (nSPS) is 17.6. The van der Waals surface area contributed by atoms with Crippen molar-refractivity contribution in [3.8, 4) is 5.75 Å². The smallest absolute Gasteiger partial charge is 0.338 e. The van der Waals surface area contributed by atoms with Crippen molar-refractivity contribution < 1.29 is 18.7 Å². The van der Waals surface area contributed by atoms with E-state index in [-0.39, 0.29) is 17.8 Å². The van der Waals surface area contributed by atoms with Crippen molar-refractivity contribution in [1.82, 2.24) is 4.90 Å². The summed E-state index contributed by atoms with van der Waals surface area (Å²) < 4.78 is 24.1. The minimum absolute atomic E-state index is 0.270. The van der Waals surface area contributed by atoms with Gasteiger partial charge in [-0.1, -0.05) is 36.0 Å². The van der Waals surface area contributed by atoms with Gasteiger partial charge in [-0.3, -0.25) is 0 Å². The van der Waals surface area contributed by atoms with E-state index in [9.17, 15) is 9.18 Å². The summed E-state index contributed by atoms with van der Waals surface area (Å²) in [6, 6.07) is 13.5. The summed E-state index contributed by atoms with van der Waals surface area (Å²) in [7, 11) is 0. The predicted molar refractivity (Wildman–Crippen MR) is 115 cm³/mol. The minimum atomic E-state index is -0.357. The second-order valence-corrected chi connectivity index (χ2v) is 7.68. The average molecular weight is 424 g/mol. The zero-order valence-corrected chi connectivity index (χ0v) is 17.5. The van der Waals surface area contributed by atoms with Crippen LogP contribution in [0.3, 0.4) is 0 Å². The molecule has 2 aromatic carbocycles. The summed E-state index contributed by atoms with van der Waals surface area (Å²) in [5, 5.41) is 2.79. The van der Waals surface area contributed by atoms with Gasteiger partial charge in [-0.05, 0) is 54.6 Å². The quantitative estimate of drug-likeness (QED) is 0.599. The summed E-state index contributed by atoms with van der Waals surface area (Å²) in [5.41, 5.74) is 3.02. The Balaban J connectivity index is 1.56. The number of esters is 1. The number of hydrogen-bond acceptors (Lipinski definition) is 6. The predicted octanol–water partition coefficient (Wildman–Crippen LogP) is 5.17. The van der Waals surface area contributed by atoms with Crippen LogP contribution in [0, 0.1) is 5.82 Å². The third-order valence-corrected chi connectivity index (χ3v) is 5.60. The van der Waals surface area contributed by atoms with Crippen LogP contribution in [0.2, 0.25) is 0 Å². The lowest BCUT2D eigenvalue weighted by atomic mass is 9.95. The molecule has 0 saturated heterocycles. The van der Waals surface area contributed by atoms with Gasteiger partial charge in [-0.15, -0.1) is 0 Å². The van der Waals surface area contributed by atoms with Crippen LogP contribution in [0.25, 0.3) is 0 Å². The van der Waals surface area contributed by atoms with Crippen LogP contribution in [0.5, 0.6) is 5.75 Å². The highest BCUT2D eigenvalue weighted by Crippen LogP contribution is 2.41. The zero-order chi connectivity index (χ0) is 21.1. The molecule has 0 amide bonds. The van der Waals surface area contributed by atoms with E-state index in [0.29, 0.717) is 30.2 Å². The number of hydrogen-bond donors (Lipinski definition) is 0. The molecular formula is C23H21FN2O3S. The fourth-order valence-corrected chi connectivity index (χ4v) is 4.18. The van der Waals surface area contributed by atoms with Crippen LogP contribution in [0.4, 0.5) is 4.39 Å². The van der Waals surface area contributed by atoms with Crippen molar-refractivity contribution in [2.75, 3.05) is 6.61 Å². The van der Waals surface area contributed by atoms with Crippen LogP contribution < -0.4 is 4.74 Å². The first-order chi connectivity index (χ1) is 14.6. The van der Waals surface area contributed by atoms with E-state index in [2.05, 4.69) is 4.99 Å². The molecule has 0 fully saturated rings. The maximum absolute atomic E-state index is 13.0. The summed E-state index contributed by atoms with van der Waals surface area (Å²) in [6.07, 6.45) is 1.93. The van der Waals surface area contributed by atoms with E-state index >= 15 is 0 Å². The number of ether oxygens (including phenoxy) is 2. The van der Waals surface area contributed by atoms with Crippen LogP contribution in [0.15, 0.2) is 76.4 Å². The Morgan fingerprint density at radius 3 is 2.60 bits per heavy atom. The molecular weight excluding hydrogens is 403 g/mol. The van der Waals surface area contributed by atoms with E-state index in [0.717, 1.165) is 16.3 Å². The Bertz CT molecular complexity index is 1030. The number of amidine groups is 1. The Hall–Kier alpha value is -3.06. The summed E-state index contributed by atoms with van der Waals surface area (Å²) in [6.45, 7) is 4.28. The topological polar surface area (TPSA) is 51.1 Å². The lowest BCUT2D eigenvalue weighted by molar-refractivity contribution is -0.139. The van der Waals surface area contributed by atoms with E-state index in [1.165, 1.54) is 23.9 Å². The van der Waals surface area contributed by atoms with Gasteiger partial charge in [0, 0.05) is 6.20 Å². The average Bonchev–Trinajstić information content (AvgIpc) is 3.21. The van der Waals surface area contributed by atoms with Crippen molar-refractivity contribution in [1.29, 1.82) is 0 Å². The second kappa shape index (κ2) is 8.75. The molecule has 7 heteroatoms. The molecule has 2 aromatic rings. The highest BCUT2D eigenvalue weighted by Gasteiger charge is 2.37. The minimum Gasteiger partial charge on any atom is -0.489 e. The number of nitrogens with zero attached hydrogens (tertiary/aromatic N) is 2. The van der Waals surface area contributed by atoms with E-state index in [4.69, 9.17) is 9.47 Å². The standard InChI is InChI=1S/C23H21FN2O3S/c1-3-28-22(27)20-15(2)25-23-26(12-13-30-23)21(20)17-6-10-19(11-7-17)29-14-16-4-8-18(24)9-5-16/h4-13,21H,3,14H2,1-2H3/t21-/m0/s1. The first-order valence-corrected chi connectivity index (χ1v) is 10.5. The SMILES string of the molecule is CCOC(=O)C1=C(C)N=C2SC=CN2[C@H]1c1ccc(OCc2ccc(F)cc2)cc1. The third-order valence-electron chi connectivity index (χ3n) is 4.83. The van der Waals surface area contributed by atoms with Crippen LogP contribution >= 0.6 is 11.8 Å². The number of rotatable bonds is 6. The number of aliphatic imine (C=N–C) groups is 1. The third kappa shape index (κ3) is 4.11. The Kier molecular flexibility index (Phi) is 5.90.